The molecule has 0 bridgehead atoms. The number of aromatic nitrogens is 1. The van der Waals surface area contributed by atoms with E-state index < -0.39 is 34.0 Å². The van der Waals surface area contributed by atoms with Gasteiger partial charge in [-0.25, -0.2) is 22.9 Å². The quantitative estimate of drug-likeness (QED) is 0.260. The smallest absolute Gasteiger partial charge is 0.328 e. The summed E-state index contributed by atoms with van der Waals surface area (Å²) in [5.74, 6) is -0.544. The van der Waals surface area contributed by atoms with Crippen LogP contribution in [0, 0.1) is 12.8 Å². The van der Waals surface area contributed by atoms with Crippen molar-refractivity contribution in [2.45, 2.75) is 70.4 Å². The second kappa shape index (κ2) is 13.4. The van der Waals surface area contributed by atoms with Crippen LogP contribution in [0.1, 0.15) is 74.4 Å². The lowest BCUT2D eigenvalue weighted by Gasteiger charge is -2.16. The van der Waals surface area contributed by atoms with Crippen LogP contribution in [0.25, 0.3) is 0 Å². The fourth-order valence-corrected chi connectivity index (χ4v) is 4.45. The van der Waals surface area contributed by atoms with Crippen LogP contribution in [0.3, 0.4) is 0 Å². The van der Waals surface area contributed by atoms with Crippen LogP contribution in [0.2, 0.25) is 0 Å². The molecular weight excluding hydrogens is 472 g/mol. The van der Waals surface area contributed by atoms with Crippen molar-refractivity contribution in [3.05, 3.63) is 47.7 Å². The molecule has 0 aliphatic carbocycles. The van der Waals surface area contributed by atoms with E-state index in [4.69, 9.17) is 14.9 Å². The fraction of sp³-hybridized carbons (Fsp3) is 0.542. The summed E-state index contributed by atoms with van der Waals surface area (Å²) >= 11 is 0. The average molecular weight is 509 g/mol. The van der Waals surface area contributed by atoms with Crippen molar-refractivity contribution in [3.63, 3.8) is 0 Å². The average Bonchev–Trinajstić information content (AvgIpc) is 3.28. The Kier molecular flexibility index (Phi) is 10.9. The molecule has 0 radical (unpaired) electrons. The summed E-state index contributed by atoms with van der Waals surface area (Å²) in [5.41, 5.74) is 7.05. The van der Waals surface area contributed by atoms with E-state index in [2.05, 4.69) is 15.0 Å². The Balaban J connectivity index is 1.90. The van der Waals surface area contributed by atoms with Gasteiger partial charge in [-0.1, -0.05) is 31.5 Å². The van der Waals surface area contributed by atoms with Crippen molar-refractivity contribution in [1.29, 1.82) is 0 Å². The fourth-order valence-electron chi connectivity index (χ4n) is 3.38. The highest BCUT2D eigenvalue weighted by Crippen LogP contribution is 2.18. The van der Waals surface area contributed by atoms with Gasteiger partial charge in [-0.3, -0.25) is 4.79 Å². The number of oxazole rings is 1. The Bertz CT molecular complexity index is 1070. The van der Waals surface area contributed by atoms with Gasteiger partial charge in [0, 0.05) is 6.54 Å². The number of ether oxygens (including phenoxy) is 1. The summed E-state index contributed by atoms with van der Waals surface area (Å²) in [6.07, 6.45) is 3.08. The van der Waals surface area contributed by atoms with Crippen LogP contribution in [0.15, 0.2) is 39.8 Å². The molecule has 0 aliphatic heterocycles. The van der Waals surface area contributed by atoms with E-state index in [-0.39, 0.29) is 36.1 Å². The molecule has 0 spiro atoms. The molecule has 11 heteroatoms. The van der Waals surface area contributed by atoms with Gasteiger partial charge in [0.1, 0.15) is 12.3 Å². The van der Waals surface area contributed by atoms with Crippen LogP contribution >= 0.6 is 0 Å². The Morgan fingerprint density at radius 1 is 1.17 bits per heavy atom. The highest BCUT2D eigenvalue weighted by atomic mass is 32.2. The van der Waals surface area contributed by atoms with Crippen LogP contribution < -0.4 is 15.8 Å². The molecule has 10 nitrogen and oxygen atoms in total. The number of esters is 1. The van der Waals surface area contributed by atoms with Crippen LogP contribution in [0.4, 0.5) is 0 Å². The molecule has 1 aromatic carbocycles. The van der Waals surface area contributed by atoms with Crippen molar-refractivity contribution in [2.75, 3.05) is 13.2 Å². The van der Waals surface area contributed by atoms with Gasteiger partial charge in [0.25, 0.3) is 5.91 Å². The standard InChI is InChI=1S/C24H36N4O6S/c1-5-33-24(30)20(27-22(29)21-15-34-23(28-21)19(25)14-16(2)3)8-6-7-13-26-35(31,32)18-11-9-17(4)10-12-18/h9-12,15-16,19-20,26H,5-8,13-14,25H2,1-4H3,(H,27,29). The zero-order valence-corrected chi connectivity index (χ0v) is 21.6. The molecule has 2 rings (SSSR count). The number of aryl methyl sites for hydroxylation is 1. The topological polar surface area (TPSA) is 154 Å². The Hall–Kier alpha value is -2.76. The number of benzene rings is 1. The number of carbonyl (C=O) groups excluding carboxylic acids is 2. The maximum absolute atomic E-state index is 12.6. The Morgan fingerprint density at radius 3 is 2.49 bits per heavy atom. The third-order valence-corrected chi connectivity index (χ3v) is 6.69. The lowest BCUT2D eigenvalue weighted by molar-refractivity contribution is -0.145. The van der Waals surface area contributed by atoms with Crippen LogP contribution in [0.5, 0.6) is 0 Å². The van der Waals surface area contributed by atoms with E-state index in [1.54, 1.807) is 31.2 Å². The molecule has 1 heterocycles. The lowest BCUT2D eigenvalue weighted by Crippen LogP contribution is -2.42. The minimum Gasteiger partial charge on any atom is -0.464 e. The number of nitrogens with two attached hydrogens (primary N) is 1. The lowest BCUT2D eigenvalue weighted by atomic mass is 10.0. The van der Waals surface area contributed by atoms with E-state index in [0.717, 1.165) is 5.56 Å². The first-order chi connectivity index (χ1) is 16.5. The van der Waals surface area contributed by atoms with Crippen LogP contribution in [-0.2, 0) is 19.6 Å². The number of amides is 1. The molecule has 0 saturated heterocycles. The highest BCUT2D eigenvalue weighted by Gasteiger charge is 2.25. The first kappa shape index (κ1) is 28.5. The number of rotatable bonds is 14. The molecule has 1 amide bonds. The first-order valence-electron chi connectivity index (χ1n) is 11.8. The number of sulfonamides is 1. The summed E-state index contributed by atoms with van der Waals surface area (Å²) in [6.45, 7) is 7.96. The molecule has 2 atom stereocenters. The van der Waals surface area contributed by atoms with E-state index in [9.17, 15) is 18.0 Å². The predicted octanol–water partition coefficient (Wildman–Crippen LogP) is 2.84. The molecule has 2 unspecified atom stereocenters. The maximum Gasteiger partial charge on any atom is 0.328 e. The van der Waals surface area contributed by atoms with Gasteiger partial charge in [0.05, 0.1) is 17.5 Å². The molecule has 1 aromatic heterocycles. The van der Waals surface area contributed by atoms with Crippen molar-refractivity contribution >= 4 is 21.9 Å². The van der Waals surface area contributed by atoms with Crippen molar-refractivity contribution in [3.8, 4) is 0 Å². The van der Waals surface area contributed by atoms with Gasteiger partial charge >= 0.3 is 5.97 Å². The van der Waals surface area contributed by atoms with Gasteiger partial charge in [-0.05, 0) is 57.6 Å². The maximum atomic E-state index is 12.6. The van der Waals surface area contributed by atoms with Crippen molar-refractivity contribution in [1.82, 2.24) is 15.0 Å². The molecule has 35 heavy (non-hydrogen) atoms. The predicted molar refractivity (Wildman–Crippen MR) is 131 cm³/mol. The molecule has 0 aliphatic rings. The number of unbranched alkanes of at least 4 members (excludes halogenated alkanes) is 1. The van der Waals surface area contributed by atoms with Gasteiger partial charge in [-0.15, -0.1) is 0 Å². The second-order valence-corrected chi connectivity index (χ2v) is 10.6. The van der Waals surface area contributed by atoms with Gasteiger partial charge in [0.15, 0.2) is 5.69 Å². The molecular formula is C24H36N4O6S. The summed E-state index contributed by atoms with van der Waals surface area (Å²) in [7, 11) is -3.61. The Labute approximate surface area is 207 Å². The zero-order chi connectivity index (χ0) is 26.0. The van der Waals surface area contributed by atoms with E-state index in [0.29, 0.717) is 25.2 Å². The van der Waals surface area contributed by atoms with E-state index in [1.807, 2.05) is 20.8 Å². The van der Waals surface area contributed by atoms with Gasteiger partial charge in [0.2, 0.25) is 15.9 Å². The molecule has 194 valence electrons. The summed E-state index contributed by atoms with van der Waals surface area (Å²) in [5, 5.41) is 2.63. The summed E-state index contributed by atoms with van der Waals surface area (Å²) in [4.78, 5) is 29.4. The SMILES string of the molecule is CCOC(=O)C(CCCCNS(=O)(=O)c1ccc(C)cc1)NC(=O)c1coc(C(N)CC(C)C)n1. The zero-order valence-electron chi connectivity index (χ0n) is 20.7. The number of nitrogens with zero attached hydrogens (tertiary/aromatic N) is 1. The third-order valence-electron chi connectivity index (χ3n) is 5.22. The minimum atomic E-state index is -3.61. The monoisotopic (exact) mass is 508 g/mol. The van der Waals surface area contributed by atoms with Gasteiger partial charge in [-0.2, -0.15) is 0 Å². The largest absolute Gasteiger partial charge is 0.464 e. The van der Waals surface area contributed by atoms with Crippen LogP contribution in [-0.4, -0.2) is 44.5 Å². The molecule has 4 N–H and O–H groups in total. The minimum absolute atomic E-state index is 0.0272. The number of hydrogen-bond donors (Lipinski definition) is 3. The number of nitrogens with one attached hydrogen (secondary N) is 2. The number of carbonyl (C=O) groups is 2. The summed E-state index contributed by atoms with van der Waals surface area (Å²) < 4.78 is 37.7. The Morgan fingerprint density at radius 2 is 1.86 bits per heavy atom. The molecule has 0 fully saturated rings. The van der Waals surface area contributed by atoms with Gasteiger partial charge < -0.3 is 20.2 Å². The normalized spacial score (nSPS) is 13.4. The third kappa shape index (κ3) is 9.08. The van der Waals surface area contributed by atoms with E-state index >= 15 is 0 Å². The highest BCUT2D eigenvalue weighted by molar-refractivity contribution is 7.89. The summed E-state index contributed by atoms with van der Waals surface area (Å²) in [6, 6.07) is 5.24. The van der Waals surface area contributed by atoms with E-state index in [1.165, 1.54) is 6.26 Å². The number of hydrogen-bond acceptors (Lipinski definition) is 8. The molecule has 0 saturated carbocycles. The molecule has 2 aromatic rings. The second-order valence-electron chi connectivity index (χ2n) is 8.79. The first-order valence-corrected chi connectivity index (χ1v) is 13.3. The van der Waals surface area contributed by atoms with Crippen molar-refractivity contribution in [2.24, 2.45) is 11.7 Å². The van der Waals surface area contributed by atoms with Crippen molar-refractivity contribution < 1.29 is 27.2 Å².